The molecule has 4 rings (SSSR count). The smallest absolute Gasteiger partial charge is 0.415 e. The molecule has 0 aliphatic heterocycles. The van der Waals surface area contributed by atoms with Crippen LogP contribution in [-0.4, -0.2) is 35.8 Å². The molecule has 1 aromatic heterocycles. The number of carbonyl (C=O) groups excluding carboxylic acids is 1. The van der Waals surface area contributed by atoms with Crippen molar-refractivity contribution in [2.75, 3.05) is 20.2 Å². The summed E-state index contributed by atoms with van der Waals surface area (Å²) in [7, 11) is 1.65. The van der Waals surface area contributed by atoms with Crippen LogP contribution >= 0.6 is 15.9 Å². The van der Waals surface area contributed by atoms with Crippen molar-refractivity contribution in [3.63, 3.8) is 0 Å². The van der Waals surface area contributed by atoms with Gasteiger partial charge in [-0.25, -0.2) is 4.79 Å². The molecule has 0 spiro atoms. The van der Waals surface area contributed by atoms with Gasteiger partial charge in [-0.1, -0.05) is 46.3 Å². The number of benzene rings is 3. The lowest BCUT2D eigenvalue weighted by Crippen LogP contribution is -2.33. The zero-order chi connectivity index (χ0) is 23.4. The molecule has 0 aliphatic rings. The van der Waals surface area contributed by atoms with Gasteiger partial charge in [0.05, 0.1) is 7.11 Å². The maximum absolute atomic E-state index is 12.8. The summed E-state index contributed by atoms with van der Waals surface area (Å²) in [5, 5.41) is 1.03. The molecule has 0 saturated heterocycles. The standard InChI is InChI=1S/C27H27BrN2O3/c1-4-29(5-2)27(31)33-25-15-14-24-22(26(25)19-10-12-21(32-3)13-11-19)16-17-30(24)18-20-8-6-7-9-23(20)28/h6-17H,4-5,18H2,1-3H3. The molecular weight excluding hydrogens is 480 g/mol. The number of ether oxygens (including phenoxy) is 2. The number of hydrogen-bond acceptors (Lipinski definition) is 3. The number of fused-ring (bicyclic) bond motifs is 1. The molecule has 1 amide bonds. The number of carbonyl (C=O) groups is 1. The van der Waals surface area contributed by atoms with E-state index >= 15 is 0 Å². The summed E-state index contributed by atoms with van der Waals surface area (Å²) in [6.45, 7) is 5.81. The fraction of sp³-hybridized carbons (Fsp3) is 0.222. The van der Waals surface area contributed by atoms with E-state index < -0.39 is 0 Å². The number of methoxy groups -OCH3 is 1. The Morgan fingerprint density at radius 1 is 0.970 bits per heavy atom. The van der Waals surface area contributed by atoms with Crippen molar-refractivity contribution in [2.24, 2.45) is 0 Å². The van der Waals surface area contributed by atoms with Gasteiger partial charge in [0.25, 0.3) is 0 Å². The molecule has 0 bridgehead atoms. The van der Waals surface area contributed by atoms with E-state index in [1.807, 2.05) is 62.4 Å². The maximum atomic E-state index is 12.8. The van der Waals surface area contributed by atoms with Crippen molar-refractivity contribution < 1.29 is 14.3 Å². The van der Waals surface area contributed by atoms with Gasteiger partial charge in [-0.3, -0.25) is 0 Å². The van der Waals surface area contributed by atoms with Crippen molar-refractivity contribution in [3.8, 4) is 22.6 Å². The van der Waals surface area contributed by atoms with Gasteiger partial charge in [0.1, 0.15) is 11.5 Å². The lowest BCUT2D eigenvalue weighted by atomic mass is 10.0. The Bertz CT molecular complexity index is 1260. The molecule has 0 aliphatic carbocycles. The number of nitrogens with zero attached hydrogens (tertiary/aromatic N) is 2. The molecule has 5 nitrogen and oxygen atoms in total. The molecule has 0 N–H and O–H groups in total. The predicted molar refractivity (Wildman–Crippen MR) is 136 cm³/mol. The zero-order valence-electron chi connectivity index (χ0n) is 19.0. The molecule has 0 fully saturated rings. The van der Waals surface area contributed by atoms with Crippen LogP contribution in [0.3, 0.4) is 0 Å². The van der Waals surface area contributed by atoms with Gasteiger partial charge in [-0.05, 0) is 61.4 Å². The Balaban J connectivity index is 1.81. The summed E-state index contributed by atoms with van der Waals surface area (Å²) in [6.07, 6.45) is 1.73. The van der Waals surface area contributed by atoms with Crippen molar-refractivity contribution in [3.05, 3.63) is 83.0 Å². The first-order chi connectivity index (χ1) is 16.0. The third-order valence-corrected chi connectivity index (χ3v) is 6.58. The highest BCUT2D eigenvalue weighted by atomic mass is 79.9. The minimum absolute atomic E-state index is 0.346. The van der Waals surface area contributed by atoms with Gasteiger partial charge in [0.2, 0.25) is 0 Å². The molecular formula is C27H27BrN2O3. The van der Waals surface area contributed by atoms with Crippen molar-refractivity contribution in [2.45, 2.75) is 20.4 Å². The minimum atomic E-state index is -0.346. The molecule has 4 aromatic rings. The first-order valence-corrected chi connectivity index (χ1v) is 11.8. The molecule has 1 heterocycles. The van der Waals surface area contributed by atoms with Gasteiger partial charge in [0.15, 0.2) is 0 Å². The number of aromatic nitrogens is 1. The van der Waals surface area contributed by atoms with Gasteiger partial charge in [0, 0.05) is 46.8 Å². The highest BCUT2D eigenvalue weighted by Crippen LogP contribution is 2.39. The summed E-state index contributed by atoms with van der Waals surface area (Å²) in [5.41, 5.74) is 4.11. The lowest BCUT2D eigenvalue weighted by molar-refractivity contribution is 0.157. The van der Waals surface area contributed by atoms with Crippen LogP contribution in [0.25, 0.3) is 22.0 Å². The molecule has 33 heavy (non-hydrogen) atoms. The van der Waals surface area contributed by atoms with Crippen LogP contribution in [-0.2, 0) is 6.54 Å². The fourth-order valence-corrected chi connectivity index (χ4v) is 4.39. The quantitative estimate of drug-likeness (QED) is 0.271. The van der Waals surface area contributed by atoms with Crippen molar-refractivity contribution in [1.82, 2.24) is 9.47 Å². The van der Waals surface area contributed by atoms with Gasteiger partial charge >= 0.3 is 6.09 Å². The van der Waals surface area contributed by atoms with Crippen molar-refractivity contribution in [1.29, 1.82) is 0 Å². The monoisotopic (exact) mass is 506 g/mol. The largest absolute Gasteiger partial charge is 0.497 e. The topological polar surface area (TPSA) is 43.7 Å². The normalized spacial score (nSPS) is 10.9. The number of amides is 1. The van der Waals surface area contributed by atoms with Gasteiger partial charge in [-0.2, -0.15) is 0 Å². The molecule has 170 valence electrons. The summed E-state index contributed by atoms with van der Waals surface area (Å²) in [5.74, 6) is 1.32. The SMILES string of the molecule is CCN(CC)C(=O)Oc1ccc2c(ccn2Cc2ccccc2Br)c1-c1ccc(OC)cc1. The first-order valence-electron chi connectivity index (χ1n) is 11.0. The van der Waals surface area contributed by atoms with E-state index in [0.717, 1.165) is 38.8 Å². The van der Waals surface area contributed by atoms with Crippen LogP contribution in [0.5, 0.6) is 11.5 Å². The second-order valence-corrected chi connectivity index (χ2v) is 8.53. The highest BCUT2D eigenvalue weighted by molar-refractivity contribution is 9.10. The van der Waals surface area contributed by atoms with Crippen LogP contribution in [0.15, 0.2) is 77.4 Å². The van der Waals surface area contributed by atoms with E-state index in [9.17, 15) is 4.79 Å². The van der Waals surface area contributed by atoms with E-state index in [-0.39, 0.29) is 6.09 Å². The summed E-state index contributed by atoms with van der Waals surface area (Å²) >= 11 is 3.65. The first kappa shape index (κ1) is 22.9. The maximum Gasteiger partial charge on any atom is 0.415 e. The second-order valence-electron chi connectivity index (χ2n) is 7.68. The molecule has 0 atom stereocenters. The molecule has 3 aromatic carbocycles. The van der Waals surface area contributed by atoms with Crippen LogP contribution in [0.1, 0.15) is 19.4 Å². The van der Waals surface area contributed by atoms with E-state index in [1.165, 1.54) is 5.56 Å². The van der Waals surface area contributed by atoms with Crippen molar-refractivity contribution >= 4 is 32.9 Å². The van der Waals surface area contributed by atoms with E-state index in [4.69, 9.17) is 9.47 Å². The minimum Gasteiger partial charge on any atom is -0.497 e. The Morgan fingerprint density at radius 3 is 2.36 bits per heavy atom. The molecule has 0 saturated carbocycles. The number of rotatable bonds is 7. The number of halogens is 1. The van der Waals surface area contributed by atoms with Crippen LogP contribution in [0.4, 0.5) is 4.79 Å². The average molecular weight is 507 g/mol. The van der Waals surface area contributed by atoms with Gasteiger partial charge < -0.3 is 18.9 Å². The third kappa shape index (κ3) is 4.76. The van der Waals surface area contributed by atoms with Crippen LogP contribution in [0.2, 0.25) is 0 Å². The second kappa shape index (κ2) is 10.1. The van der Waals surface area contributed by atoms with E-state index in [0.29, 0.717) is 18.8 Å². The average Bonchev–Trinajstić information content (AvgIpc) is 3.24. The molecule has 6 heteroatoms. The summed E-state index contributed by atoms with van der Waals surface area (Å²) < 4.78 is 14.5. The Labute approximate surface area is 202 Å². The van der Waals surface area contributed by atoms with Gasteiger partial charge in [-0.15, -0.1) is 0 Å². The summed E-state index contributed by atoms with van der Waals surface area (Å²) in [4.78, 5) is 14.4. The van der Waals surface area contributed by atoms with E-state index in [1.54, 1.807) is 12.0 Å². The summed E-state index contributed by atoms with van der Waals surface area (Å²) in [6, 6.07) is 22.0. The third-order valence-electron chi connectivity index (χ3n) is 5.81. The fourth-order valence-electron chi connectivity index (χ4n) is 3.98. The Morgan fingerprint density at radius 2 is 1.70 bits per heavy atom. The van der Waals surface area contributed by atoms with Crippen LogP contribution < -0.4 is 9.47 Å². The number of hydrogen-bond donors (Lipinski definition) is 0. The molecule has 0 unspecified atom stereocenters. The lowest BCUT2D eigenvalue weighted by Gasteiger charge is -2.20. The Hall–Kier alpha value is -3.25. The Kier molecular flexibility index (Phi) is 7.04. The van der Waals surface area contributed by atoms with E-state index in [2.05, 4.69) is 44.9 Å². The molecule has 0 radical (unpaired) electrons. The zero-order valence-corrected chi connectivity index (χ0v) is 20.6. The predicted octanol–water partition coefficient (Wildman–Crippen LogP) is 6.97. The highest BCUT2D eigenvalue weighted by Gasteiger charge is 2.19. The van der Waals surface area contributed by atoms with Crippen LogP contribution in [0, 0.1) is 0 Å².